The zero-order valence-corrected chi connectivity index (χ0v) is 19.3. The van der Waals surface area contributed by atoms with Crippen LogP contribution in [-0.2, 0) is 0 Å². The second kappa shape index (κ2) is 7.50. The topological polar surface area (TPSA) is 6.48 Å². The van der Waals surface area contributed by atoms with Crippen LogP contribution in [0.1, 0.15) is 108 Å². The molecule has 0 radical (unpaired) electrons. The second-order valence-electron chi connectivity index (χ2n) is 10.7. The standard InChI is InChI=1S/C23H47N2/c1-13-18(4)24-20(6,7)16-21(8,9)25(19(5)14-2)23(12,15-3)17-22(24,10)11/h18-19H,5,13-17H2,1-4,6-12H3/q-1. The van der Waals surface area contributed by atoms with Gasteiger partial charge in [-0.3, -0.25) is 4.90 Å². The Morgan fingerprint density at radius 3 is 1.60 bits per heavy atom. The maximum Gasteiger partial charge on any atom is 0.0178 e. The highest BCUT2D eigenvalue weighted by Gasteiger charge is 2.52. The van der Waals surface area contributed by atoms with Gasteiger partial charge in [-0.25, -0.2) is 0 Å². The summed E-state index contributed by atoms with van der Waals surface area (Å²) in [7, 11) is 0. The summed E-state index contributed by atoms with van der Waals surface area (Å²) in [6.07, 6.45) is 5.82. The van der Waals surface area contributed by atoms with Crippen molar-refractivity contribution in [1.82, 2.24) is 9.80 Å². The van der Waals surface area contributed by atoms with Crippen LogP contribution in [-0.4, -0.2) is 44.0 Å². The van der Waals surface area contributed by atoms with Crippen LogP contribution in [0.4, 0.5) is 0 Å². The molecule has 1 aliphatic rings. The Hall–Kier alpha value is -0.0800. The summed E-state index contributed by atoms with van der Waals surface area (Å²) in [5.41, 5.74) is 0.603. The molecule has 3 atom stereocenters. The summed E-state index contributed by atoms with van der Waals surface area (Å²) >= 11 is 0. The van der Waals surface area contributed by atoms with Crippen LogP contribution in [0.15, 0.2) is 0 Å². The lowest BCUT2D eigenvalue weighted by atomic mass is 9.70. The van der Waals surface area contributed by atoms with Crippen molar-refractivity contribution >= 4 is 0 Å². The quantitative estimate of drug-likeness (QED) is 0.536. The number of rotatable bonds is 5. The van der Waals surface area contributed by atoms with E-state index in [0.29, 0.717) is 12.1 Å². The molecular formula is C23H47N2-. The van der Waals surface area contributed by atoms with Gasteiger partial charge in [0.05, 0.1) is 0 Å². The molecule has 3 unspecified atom stereocenters. The molecule has 0 aliphatic carbocycles. The largest absolute Gasteiger partial charge is 0.326 e. The van der Waals surface area contributed by atoms with Gasteiger partial charge in [-0.1, -0.05) is 27.2 Å². The molecule has 1 heterocycles. The molecule has 0 aromatic rings. The smallest absolute Gasteiger partial charge is 0.0178 e. The molecule has 2 heteroatoms. The van der Waals surface area contributed by atoms with Gasteiger partial charge in [0.1, 0.15) is 0 Å². The van der Waals surface area contributed by atoms with E-state index in [9.17, 15) is 0 Å². The first kappa shape index (κ1) is 23.0. The summed E-state index contributed by atoms with van der Waals surface area (Å²) in [5.74, 6) is 0. The van der Waals surface area contributed by atoms with Crippen molar-refractivity contribution in [2.75, 3.05) is 0 Å². The monoisotopic (exact) mass is 351 g/mol. The van der Waals surface area contributed by atoms with E-state index < -0.39 is 0 Å². The van der Waals surface area contributed by atoms with Crippen molar-refractivity contribution in [3.63, 3.8) is 0 Å². The first-order valence-electron chi connectivity index (χ1n) is 10.6. The first-order chi connectivity index (χ1) is 11.2. The molecule has 0 aromatic carbocycles. The second-order valence-corrected chi connectivity index (χ2v) is 10.7. The predicted octanol–water partition coefficient (Wildman–Crippen LogP) is 6.30. The van der Waals surface area contributed by atoms with Crippen molar-refractivity contribution in [3.8, 4) is 0 Å². The average Bonchev–Trinajstić information content (AvgIpc) is 2.42. The molecule has 25 heavy (non-hydrogen) atoms. The van der Waals surface area contributed by atoms with Crippen LogP contribution in [0.3, 0.4) is 0 Å². The first-order valence-corrected chi connectivity index (χ1v) is 10.6. The van der Waals surface area contributed by atoms with E-state index in [2.05, 4.69) is 92.9 Å². The fraction of sp³-hybridized carbons (Fsp3) is 0.957. The van der Waals surface area contributed by atoms with E-state index in [-0.39, 0.29) is 22.2 Å². The maximum absolute atomic E-state index is 4.57. The highest BCUT2D eigenvalue weighted by atomic mass is 15.3. The Kier molecular flexibility index (Phi) is 6.89. The minimum atomic E-state index is 0.124. The Balaban J connectivity index is 3.57. The third kappa shape index (κ3) is 4.43. The van der Waals surface area contributed by atoms with Crippen LogP contribution < -0.4 is 0 Å². The lowest BCUT2D eigenvalue weighted by Crippen LogP contribution is -2.71. The lowest BCUT2D eigenvalue weighted by Gasteiger charge is -2.65. The molecule has 0 amide bonds. The average molecular weight is 352 g/mol. The fourth-order valence-corrected chi connectivity index (χ4v) is 6.67. The molecule has 0 aromatic heterocycles. The fourth-order valence-electron chi connectivity index (χ4n) is 6.67. The molecule has 0 bridgehead atoms. The van der Waals surface area contributed by atoms with Gasteiger partial charge in [-0.05, 0) is 81.1 Å². The van der Waals surface area contributed by atoms with Crippen LogP contribution in [0.25, 0.3) is 0 Å². The van der Waals surface area contributed by atoms with Crippen molar-refractivity contribution in [2.24, 2.45) is 0 Å². The minimum absolute atomic E-state index is 0.124. The number of nitrogens with zero attached hydrogens (tertiary/aromatic N) is 2. The Bertz CT molecular complexity index is 435. The van der Waals surface area contributed by atoms with Crippen molar-refractivity contribution in [3.05, 3.63) is 6.92 Å². The number of hydrogen-bond acceptors (Lipinski definition) is 2. The predicted molar refractivity (Wildman–Crippen MR) is 113 cm³/mol. The SMILES string of the molecule is [CH2-]C(CC)N1C(C)(C)CC(C)(C)N(C(C)CC)C(C)(C)CC1(C)CC. The van der Waals surface area contributed by atoms with E-state index in [1.165, 1.54) is 19.3 Å². The normalized spacial score (nSPS) is 32.6. The molecular weight excluding hydrogens is 304 g/mol. The minimum Gasteiger partial charge on any atom is -0.326 e. The summed E-state index contributed by atoms with van der Waals surface area (Å²) in [4.78, 5) is 5.61. The van der Waals surface area contributed by atoms with Gasteiger partial charge >= 0.3 is 0 Å². The maximum atomic E-state index is 4.57. The molecule has 0 N–H and O–H groups in total. The van der Waals surface area contributed by atoms with Crippen molar-refractivity contribution < 1.29 is 0 Å². The lowest BCUT2D eigenvalue weighted by molar-refractivity contribution is -0.135. The molecule has 2 nitrogen and oxygen atoms in total. The Morgan fingerprint density at radius 2 is 1.20 bits per heavy atom. The van der Waals surface area contributed by atoms with Gasteiger partial charge < -0.3 is 11.8 Å². The van der Waals surface area contributed by atoms with E-state index in [0.717, 1.165) is 12.8 Å². The zero-order valence-electron chi connectivity index (χ0n) is 19.3. The highest BCUT2D eigenvalue weighted by Crippen LogP contribution is 2.48. The van der Waals surface area contributed by atoms with Crippen LogP contribution >= 0.6 is 0 Å². The number of hydrogen-bond donors (Lipinski definition) is 0. The molecule has 1 aliphatic heterocycles. The molecule has 0 saturated carbocycles. The van der Waals surface area contributed by atoms with Gasteiger partial charge in [0.2, 0.25) is 0 Å². The van der Waals surface area contributed by atoms with Gasteiger partial charge in [-0.15, -0.1) is 6.04 Å². The Morgan fingerprint density at radius 1 is 0.760 bits per heavy atom. The van der Waals surface area contributed by atoms with Crippen LogP contribution in [0, 0.1) is 6.92 Å². The van der Waals surface area contributed by atoms with E-state index in [4.69, 9.17) is 0 Å². The van der Waals surface area contributed by atoms with E-state index in [1.54, 1.807) is 0 Å². The third-order valence-corrected chi connectivity index (χ3v) is 6.85. The van der Waals surface area contributed by atoms with E-state index >= 15 is 0 Å². The van der Waals surface area contributed by atoms with Gasteiger partial charge in [0, 0.05) is 28.2 Å². The molecule has 1 fully saturated rings. The summed E-state index contributed by atoms with van der Waals surface area (Å²) < 4.78 is 0. The molecule has 0 spiro atoms. The van der Waals surface area contributed by atoms with Crippen LogP contribution in [0.5, 0.6) is 0 Å². The zero-order chi connectivity index (χ0) is 19.8. The van der Waals surface area contributed by atoms with Gasteiger partial charge in [0.25, 0.3) is 0 Å². The Labute approximate surface area is 159 Å². The third-order valence-electron chi connectivity index (χ3n) is 6.85. The van der Waals surface area contributed by atoms with Crippen molar-refractivity contribution in [1.29, 1.82) is 0 Å². The molecule has 1 saturated heterocycles. The van der Waals surface area contributed by atoms with Gasteiger partial charge in [-0.2, -0.15) is 0 Å². The van der Waals surface area contributed by atoms with Gasteiger partial charge in [0.15, 0.2) is 0 Å². The summed E-state index contributed by atoms with van der Waals surface area (Å²) in [6, 6.07) is 0.955. The van der Waals surface area contributed by atoms with Crippen molar-refractivity contribution in [2.45, 2.75) is 143 Å². The molecule has 1 rings (SSSR count). The molecule has 150 valence electrons. The van der Waals surface area contributed by atoms with E-state index in [1.807, 2.05) is 0 Å². The highest BCUT2D eigenvalue weighted by molar-refractivity contribution is 5.10. The van der Waals surface area contributed by atoms with Crippen LogP contribution in [0.2, 0.25) is 0 Å². The summed E-state index contributed by atoms with van der Waals surface area (Å²) in [5, 5.41) is 0. The summed E-state index contributed by atoms with van der Waals surface area (Å²) in [6.45, 7) is 31.2.